The molecule has 25 heavy (non-hydrogen) atoms. The van der Waals surface area contributed by atoms with Gasteiger partial charge in [0.2, 0.25) is 0 Å². The Kier molecular flexibility index (Phi) is 4.45. The Morgan fingerprint density at radius 1 is 1.20 bits per heavy atom. The van der Waals surface area contributed by atoms with Gasteiger partial charge in [-0.15, -0.1) is 0 Å². The predicted octanol–water partition coefficient (Wildman–Crippen LogP) is 2.13. The van der Waals surface area contributed by atoms with E-state index in [2.05, 4.69) is 4.98 Å². The van der Waals surface area contributed by atoms with Crippen LogP contribution < -0.4 is 4.74 Å². The van der Waals surface area contributed by atoms with Crippen LogP contribution in [-0.4, -0.2) is 40.4 Å². The molecule has 0 fully saturated rings. The Morgan fingerprint density at radius 3 is 2.64 bits per heavy atom. The van der Waals surface area contributed by atoms with E-state index < -0.39 is 46.4 Å². The number of rotatable bonds is 3. The molecule has 0 bridgehead atoms. The Balaban J connectivity index is 1.93. The number of fused-ring (bicyclic) bond motifs is 1. The Morgan fingerprint density at radius 2 is 1.96 bits per heavy atom. The molecule has 2 aromatic rings. The van der Waals surface area contributed by atoms with Crippen molar-refractivity contribution >= 4 is 10.0 Å². The van der Waals surface area contributed by atoms with Gasteiger partial charge in [0.25, 0.3) is 5.88 Å². The number of hydrogen-bond acceptors (Lipinski definition) is 4. The zero-order valence-electron chi connectivity index (χ0n) is 12.6. The van der Waals surface area contributed by atoms with Gasteiger partial charge >= 0.3 is 15.5 Å². The Labute approximate surface area is 140 Å². The lowest BCUT2D eigenvalue weighted by Gasteiger charge is -2.24. The molecule has 3 rings (SSSR count). The van der Waals surface area contributed by atoms with Gasteiger partial charge in [0.05, 0.1) is 19.6 Å². The second-order valence-corrected chi connectivity index (χ2v) is 7.35. The van der Waals surface area contributed by atoms with Gasteiger partial charge in [-0.1, -0.05) is 0 Å². The third-order valence-corrected chi connectivity index (χ3v) is 5.25. The maximum Gasteiger partial charge on any atom is 0.511 e. The number of halogens is 4. The topological polar surface area (TPSA) is 64.4 Å². The van der Waals surface area contributed by atoms with Crippen LogP contribution in [0.1, 0.15) is 5.69 Å². The Hall–Kier alpha value is -2.14. The van der Waals surface area contributed by atoms with Crippen LogP contribution in [0.4, 0.5) is 17.6 Å². The molecule has 1 atom stereocenters. The molecule has 1 aliphatic heterocycles. The van der Waals surface area contributed by atoms with E-state index in [0.717, 1.165) is 6.07 Å². The SMILES string of the molecule is O=S(=O)(N1Cc2cccn2C[C@@H](Oc2ncccc2F)C1)C(F)(F)F. The highest BCUT2D eigenvalue weighted by molar-refractivity contribution is 7.89. The summed E-state index contributed by atoms with van der Waals surface area (Å²) in [4.78, 5) is 3.69. The number of nitrogens with zero attached hydrogens (tertiary/aromatic N) is 3. The molecule has 0 saturated carbocycles. The molecule has 6 nitrogen and oxygen atoms in total. The van der Waals surface area contributed by atoms with E-state index >= 15 is 0 Å². The van der Waals surface area contributed by atoms with Crippen LogP contribution in [0.2, 0.25) is 0 Å². The lowest BCUT2D eigenvalue weighted by Crippen LogP contribution is -2.44. The molecule has 1 aliphatic rings. The molecule has 0 amide bonds. The quantitative estimate of drug-likeness (QED) is 0.767. The van der Waals surface area contributed by atoms with E-state index in [1.54, 1.807) is 16.8 Å². The first-order chi connectivity index (χ1) is 11.7. The van der Waals surface area contributed by atoms with Crippen LogP contribution in [0.3, 0.4) is 0 Å². The smallest absolute Gasteiger partial charge is 0.469 e. The highest BCUT2D eigenvalue weighted by atomic mass is 32.2. The van der Waals surface area contributed by atoms with Crippen molar-refractivity contribution in [2.75, 3.05) is 6.54 Å². The molecule has 0 aliphatic carbocycles. The van der Waals surface area contributed by atoms with E-state index in [0.29, 0.717) is 5.69 Å². The fraction of sp³-hybridized carbons (Fsp3) is 0.357. The number of hydrogen-bond donors (Lipinski definition) is 0. The Bertz CT molecular complexity index is 866. The molecule has 2 aromatic heterocycles. The summed E-state index contributed by atoms with van der Waals surface area (Å²) in [7, 11) is -5.55. The molecule has 0 spiro atoms. The zero-order valence-corrected chi connectivity index (χ0v) is 13.5. The highest BCUT2D eigenvalue weighted by Gasteiger charge is 2.51. The number of sulfonamides is 1. The predicted molar refractivity (Wildman–Crippen MR) is 78.4 cm³/mol. The van der Waals surface area contributed by atoms with E-state index in [1.807, 2.05) is 0 Å². The van der Waals surface area contributed by atoms with Crippen molar-refractivity contribution in [2.45, 2.75) is 24.7 Å². The van der Waals surface area contributed by atoms with Crippen molar-refractivity contribution in [1.82, 2.24) is 13.9 Å². The number of pyridine rings is 1. The summed E-state index contributed by atoms with van der Waals surface area (Å²) in [6.07, 6.45) is 1.81. The molecule has 0 aromatic carbocycles. The van der Waals surface area contributed by atoms with Crippen molar-refractivity contribution in [2.24, 2.45) is 0 Å². The van der Waals surface area contributed by atoms with Crippen LogP contribution in [0, 0.1) is 5.82 Å². The van der Waals surface area contributed by atoms with Gasteiger partial charge in [0, 0.05) is 18.1 Å². The number of aromatic nitrogens is 2. The first kappa shape index (κ1) is 17.7. The summed E-state index contributed by atoms with van der Waals surface area (Å²) < 4.78 is 83.3. The van der Waals surface area contributed by atoms with Crippen molar-refractivity contribution in [3.63, 3.8) is 0 Å². The van der Waals surface area contributed by atoms with Crippen LogP contribution in [-0.2, 0) is 23.1 Å². The normalized spacial score (nSPS) is 19.3. The molecule has 0 radical (unpaired) electrons. The van der Waals surface area contributed by atoms with Gasteiger partial charge in [-0.2, -0.15) is 17.5 Å². The van der Waals surface area contributed by atoms with E-state index in [9.17, 15) is 26.0 Å². The fourth-order valence-electron chi connectivity index (χ4n) is 2.54. The van der Waals surface area contributed by atoms with E-state index in [1.165, 1.54) is 18.3 Å². The van der Waals surface area contributed by atoms with Crippen molar-refractivity contribution in [1.29, 1.82) is 0 Å². The van der Waals surface area contributed by atoms with E-state index in [-0.39, 0.29) is 10.8 Å². The second kappa shape index (κ2) is 6.30. The standard InChI is InChI=1S/C14H13F4N3O3S/c15-12-4-1-5-19-13(12)24-11-8-20-6-2-3-10(20)7-21(9-11)25(22,23)14(16,17)18/h1-6,11H,7-9H2/t11-/m1/s1. The minimum atomic E-state index is -5.55. The first-order valence-corrected chi connectivity index (χ1v) is 8.60. The molecule has 136 valence electrons. The third-order valence-electron chi connectivity index (χ3n) is 3.70. The maximum absolute atomic E-state index is 13.7. The van der Waals surface area contributed by atoms with Gasteiger partial charge in [-0.3, -0.25) is 0 Å². The summed E-state index contributed by atoms with van der Waals surface area (Å²) in [5.74, 6) is -1.18. The molecule has 0 unspecified atom stereocenters. The lowest BCUT2D eigenvalue weighted by molar-refractivity contribution is -0.0497. The zero-order chi connectivity index (χ0) is 18.2. The maximum atomic E-state index is 13.7. The summed E-state index contributed by atoms with van der Waals surface area (Å²) >= 11 is 0. The summed E-state index contributed by atoms with van der Waals surface area (Å²) in [6, 6.07) is 5.52. The molecule has 0 saturated heterocycles. The largest absolute Gasteiger partial charge is 0.511 e. The number of ether oxygens (including phenoxy) is 1. The third kappa shape index (κ3) is 3.47. The van der Waals surface area contributed by atoms with Crippen LogP contribution >= 0.6 is 0 Å². The van der Waals surface area contributed by atoms with Crippen LogP contribution in [0.15, 0.2) is 36.7 Å². The van der Waals surface area contributed by atoms with Gasteiger partial charge in [0.15, 0.2) is 5.82 Å². The van der Waals surface area contributed by atoms with Gasteiger partial charge in [0.1, 0.15) is 6.10 Å². The molecular formula is C14H13F4N3O3S. The minimum absolute atomic E-state index is 0.0578. The summed E-state index contributed by atoms with van der Waals surface area (Å²) in [5, 5.41) is 0. The molecule has 11 heteroatoms. The van der Waals surface area contributed by atoms with E-state index in [4.69, 9.17) is 4.74 Å². The molecule has 3 heterocycles. The summed E-state index contributed by atoms with van der Waals surface area (Å²) in [5.41, 5.74) is -5.06. The summed E-state index contributed by atoms with van der Waals surface area (Å²) in [6.45, 7) is -0.985. The molecule has 0 N–H and O–H groups in total. The second-order valence-electron chi connectivity index (χ2n) is 5.43. The molecular weight excluding hydrogens is 366 g/mol. The van der Waals surface area contributed by atoms with Crippen LogP contribution in [0.5, 0.6) is 5.88 Å². The van der Waals surface area contributed by atoms with Gasteiger partial charge in [-0.05, 0) is 24.3 Å². The minimum Gasteiger partial charge on any atom is -0.469 e. The van der Waals surface area contributed by atoms with Crippen molar-refractivity contribution in [3.05, 3.63) is 48.2 Å². The monoisotopic (exact) mass is 379 g/mol. The lowest BCUT2D eigenvalue weighted by atomic mass is 10.3. The van der Waals surface area contributed by atoms with Gasteiger partial charge < -0.3 is 9.30 Å². The van der Waals surface area contributed by atoms with Crippen LogP contribution in [0.25, 0.3) is 0 Å². The fourth-order valence-corrected chi connectivity index (χ4v) is 3.50. The highest BCUT2D eigenvalue weighted by Crippen LogP contribution is 2.30. The van der Waals surface area contributed by atoms with Crippen molar-refractivity contribution < 1.29 is 30.7 Å². The average molecular weight is 379 g/mol. The number of alkyl halides is 3. The first-order valence-electron chi connectivity index (χ1n) is 7.16. The van der Waals surface area contributed by atoms with Crippen molar-refractivity contribution in [3.8, 4) is 5.88 Å². The average Bonchev–Trinajstić information content (AvgIpc) is 2.87. The van der Waals surface area contributed by atoms with Gasteiger partial charge in [-0.25, -0.2) is 17.8 Å².